The van der Waals surface area contributed by atoms with Gasteiger partial charge in [0.1, 0.15) is 5.82 Å². The van der Waals surface area contributed by atoms with Gasteiger partial charge in [-0.15, -0.1) is 11.3 Å². The van der Waals surface area contributed by atoms with E-state index in [1.165, 1.54) is 17.0 Å². The molecule has 0 atom stereocenters. The molecule has 4 rings (SSSR count). The molecule has 5 nitrogen and oxygen atoms in total. The molecule has 0 bridgehead atoms. The third-order valence-electron chi connectivity index (χ3n) is 7.22. The SMILES string of the molecule is O=C(CN1CCC(C(=O)NCCc2cccs2)CC1)NCC1(c2ccc(F)cc2)CCCC1. The number of hydrogen-bond acceptors (Lipinski definition) is 4. The van der Waals surface area contributed by atoms with Crippen LogP contribution in [0.1, 0.15) is 49.0 Å². The van der Waals surface area contributed by atoms with Crippen LogP contribution in [-0.4, -0.2) is 49.4 Å². The van der Waals surface area contributed by atoms with Crippen LogP contribution < -0.4 is 10.6 Å². The maximum absolute atomic E-state index is 13.4. The maximum Gasteiger partial charge on any atom is 0.234 e. The molecule has 1 aliphatic carbocycles. The zero-order valence-corrected chi connectivity index (χ0v) is 20.0. The zero-order chi connectivity index (χ0) is 23.1. The summed E-state index contributed by atoms with van der Waals surface area (Å²) < 4.78 is 13.4. The highest BCUT2D eigenvalue weighted by atomic mass is 32.1. The lowest BCUT2D eigenvalue weighted by atomic mass is 9.79. The summed E-state index contributed by atoms with van der Waals surface area (Å²) >= 11 is 1.72. The fourth-order valence-corrected chi connectivity index (χ4v) is 5.92. The topological polar surface area (TPSA) is 61.4 Å². The summed E-state index contributed by atoms with van der Waals surface area (Å²) in [7, 11) is 0. The van der Waals surface area contributed by atoms with Crippen LogP contribution in [0.3, 0.4) is 0 Å². The third-order valence-corrected chi connectivity index (χ3v) is 8.15. The predicted molar refractivity (Wildman–Crippen MR) is 130 cm³/mol. The Balaban J connectivity index is 1.18. The number of nitrogens with zero attached hydrogens (tertiary/aromatic N) is 1. The summed E-state index contributed by atoms with van der Waals surface area (Å²) in [5, 5.41) is 8.27. The maximum atomic E-state index is 13.4. The van der Waals surface area contributed by atoms with E-state index in [1.54, 1.807) is 11.3 Å². The number of piperidine rings is 1. The molecular weight excluding hydrogens is 437 g/mol. The van der Waals surface area contributed by atoms with Crippen LogP contribution in [-0.2, 0) is 21.4 Å². The quantitative estimate of drug-likeness (QED) is 0.583. The molecule has 0 spiro atoms. The highest BCUT2D eigenvalue weighted by Gasteiger charge is 2.36. The minimum atomic E-state index is -0.226. The normalized spacial score (nSPS) is 18.8. The van der Waals surface area contributed by atoms with Crippen molar-refractivity contribution < 1.29 is 14.0 Å². The molecule has 178 valence electrons. The first-order chi connectivity index (χ1) is 16.0. The Morgan fingerprint density at radius 2 is 1.79 bits per heavy atom. The summed E-state index contributed by atoms with van der Waals surface area (Å²) in [6, 6.07) is 10.9. The van der Waals surface area contributed by atoms with Crippen molar-refractivity contribution in [3.05, 3.63) is 58.0 Å². The van der Waals surface area contributed by atoms with Crippen molar-refractivity contribution in [2.24, 2.45) is 5.92 Å². The molecule has 1 saturated carbocycles. The molecule has 1 aromatic carbocycles. The highest BCUT2D eigenvalue weighted by Crippen LogP contribution is 2.40. The smallest absolute Gasteiger partial charge is 0.234 e. The van der Waals surface area contributed by atoms with Gasteiger partial charge in [0.25, 0.3) is 0 Å². The average molecular weight is 472 g/mol. The molecule has 1 aliphatic heterocycles. The number of carbonyl (C=O) groups is 2. The van der Waals surface area contributed by atoms with Gasteiger partial charge in [-0.2, -0.15) is 0 Å². The number of benzene rings is 1. The molecule has 2 amide bonds. The minimum Gasteiger partial charge on any atom is -0.355 e. The molecule has 2 heterocycles. The van der Waals surface area contributed by atoms with E-state index < -0.39 is 0 Å². The van der Waals surface area contributed by atoms with E-state index in [4.69, 9.17) is 0 Å². The number of amides is 2. The first kappa shape index (κ1) is 23.9. The van der Waals surface area contributed by atoms with Crippen LogP contribution in [0, 0.1) is 11.7 Å². The molecule has 7 heteroatoms. The molecular formula is C26H34FN3O2S. The largest absolute Gasteiger partial charge is 0.355 e. The number of hydrogen-bond donors (Lipinski definition) is 2. The lowest BCUT2D eigenvalue weighted by Crippen LogP contribution is -2.46. The van der Waals surface area contributed by atoms with Gasteiger partial charge in [0.05, 0.1) is 6.54 Å². The van der Waals surface area contributed by atoms with Crippen molar-refractivity contribution in [2.45, 2.75) is 50.4 Å². The molecule has 2 N–H and O–H groups in total. The van der Waals surface area contributed by atoms with Gasteiger partial charge < -0.3 is 10.6 Å². The summed E-state index contributed by atoms with van der Waals surface area (Å²) in [6.45, 7) is 3.17. The second kappa shape index (κ2) is 11.3. The number of thiophene rings is 1. The lowest BCUT2D eigenvalue weighted by Gasteiger charge is -2.32. The molecule has 2 aliphatic rings. The fourth-order valence-electron chi connectivity index (χ4n) is 5.21. The minimum absolute atomic E-state index is 0.0298. The Hall–Kier alpha value is -2.25. The monoisotopic (exact) mass is 471 g/mol. The molecule has 1 saturated heterocycles. The van der Waals surface area contributed by atoms with E-state index in [9.17, 15) is 14.0 Å². The van der Waals surface area contributed by atoms with Crippen molar-refractivity contribution in [3.63, 3.8) is 0 Å². The molecule has 0 unspecified atom stereocenters. The number of likely N-dealkylation sites (tertiary alicyclic amines) is 1. The molecule has 2 fully saturated rings. The Labute approximate surface area is 199 Å². The van der Waals surface area contributed by atoms with Crippen LogP contribution in [0.25, 0.3) is 0 Å². The van der Waals surface area contributed by atoms with Crippen LogP contribution >= 0.6 is 11.3 Å². The van der Waals surface area contributed by atoms with Gasteiger partial charge in [-0.1, -0.05) is 31.0 Å². The first-order valence-corrected chi connectivity index (χ1v) is 13.0. The number of carbonyl (C=O) groups excluding carboxylic acids is 2. The molecule has 33 heavy (non-hydrogen) atoms. The molecule has 1 aromatic heterocycles. The van der Waals surface area contributed by atoms with E-state index in [2.05, 4.69) is 27.0 Å². The van der Waals surface area contributed by atoms with Crippen LogP contribution in [0.5, 0.6) is 0 Å². The van der Waals surface area contributed by atoms with E-state index in [-0.39, 0.29) is 29.0 Å². The van der Waals surface area contributed by atoms with Gasteiger partial charge in [0.2, 0.25) is 11.8 Å². The van der Waals surface area contributed by atoms with Crippen LogP contribution in [0.2, 0.25) is 0 Å². The van der Waals surface area contributed by atoms with Crippen LogP contribution in [0.15, 0.2) is 41.8 Å². The molecule has 2 aromatic rings. The van der Waals surface area contributed by atoms with Gasteiger partial charge in [-0.25, -0.2) is 4.39 Å². The highest BCUT2D eigenvalue weighted by molar-refractivity contribution is 7.09. The van der Waals surface area contributed by atoms with E-state index >= 15 is 0 Å². The summed E-state index contributed by atoms with van der Waals surface area (Å²) in [6.07, 6.45) is 6.77. The second-order valence-electron chi connectivity index (χ2n) is 9.44. The summed E-state index contributed by atoms with van der Waals surface area (Å²) in [4.78, 5) is 28.6. The van der Waals surface area contributed by atoms with Gasteiger partial charge in [0, 0.05) is 29.3 Å². The van der Waals surface area contributed by atoms with Crippen molar-refractivity contribution in [1.29, 1.82) is 0 Å². The Morgan fingerprint density at radius 1 is 1.06 bits per heavy atom. The van der Waals surface area contributed by atoms with E-state index in [0.29, 0.717) is 19.6 Å². The first-order valence-electron chi connectivity index (χ1n) is 12.1. The van der Waals surface area contributed by atoms with Crippen LogP contribution in [0.4, 0.5) is 4.39 Å². The zero-order valence-electron chi connectivity index (χ0n) is 19.2. The number of nitrogens with one attached hydrogen (secondary N) is 2. The second-order valence-corrected chi connectivity index (χ2v) is 10.5. The molecule has 0 radical (unpaired) electrons. The number of rotatable bonds is 9. The van der Waals surface area contributed by atoms with E-state index in [0.717, 1.165) is 63.6 Å². The van der Waals surface area contributed by atoms with E-state index in [1.807, 2.05) is 18.2 Å². The fraction of sp³-hybridized carbons (Fsp3) is 0.538. The van der Waals surface area contributed by atoms with Gasteiger partial charge in [-0.3, -0.25) is 14.5 Å². The number of halogens is 1. The van der Waals surface area contributed by atoms with Gasteiger partial charge in [-0.05, 0) is 74.3 Å². The van der Waals surface area contributed by atoms with Gasteiger partial charge in [0.15, 0.2) is 0 Å². The van der Waals surface area contributed by atoms with Crippen molar-refractivity contribution in [1.82, 2.24) is 15.5 Å². The Kier molecular flexibility index (Phi) is 8.15. The lowest BCUT2D eigenvalue weighted by molar-refractivity contribution is -0.126. The summed E-state index contributed by atoms with van der Waals surface area (Å²) in [5.74, 6) is -0.0243. The predicted octanol–water partition coefficient (Wildman–Crippen LogP) is 3.89. The Morgan fingerprint density at radius 3 is 2.45 bits per heavy atom. The van der Waals surface area contributed by atoms with Crippen molar-refractivity contribution in [3.8, 4) is 0 Å². The van der Waals surface area contributed by atoms with Crippen molar-refractivity contribution in [2.75, 3.05) is 32.7 Å². The van der Waals surface area contributed by atoms with Gasteiger partial charge >= 0.3 is 0 Å². The standard InChI is InChI=1S/C26H34FN3O2S/c27-22-7-5-21(6-8-22)26(12-1-2-13-26)19-29-24(31)18-30-15-10-20(11-16-30)25(32)28-14-9-23-4-3-17-33-23/h3-8,17,20H,1-2,9-16,18-19H2,(H,28,32)(H,29,31). The van der Waals surface area contributed by atoms with Crippen molar-refractivity contribution >= 4 is 23.2 Å². The third kappa shape index (κ3) is 6.42. The Bertz CT molecular complexity index is 902. The summed E-state index contributed by atoms with van der Waals surface area (Å²) in [5.41, 5.74) is 1.03. The average Bonchev–Trinajstić information content (AvgIpc) is 3.52.